The molecule has 9 nitrogen and oxygen atoms in total. The lowest BCUT2D eigenvalue weighted by Gasteiger charge is -2.09. The van der Waals surface area contributed by atoms with Gasteiger partial charge in [-0.3, -0.25) is 18.7 Å². The van der Waals surface area contributed by atoms with Crippen molar-refractivity contribution < 1.29 is 9.53 Å². The molecule has 9 heteroatoms. The Morgan fingerprint density at radius 1 is 0.969 bits per heavy atom. The van der Waals surface area contributed by atoms with E-state index >= 15 is 0 Å². The number of nitrogens with zero attached hydrogens (tertiary/aromatic N) is 4. The van der Waals surface area contributed by atoms with Crippen LogP contribution in [0.3, 0.4) is 0 Å². The SMILES string of the molecule is COc1ccc(Cc2ccc(NC(=O)Cn3cnc4c3c(=O)n(C)c(=O)n4C)cc2)cc1. The minimum absolute atomic E-state index is 0.0997. The first-order valence-corrected chi connectivity index (χ1v) is 10.00. The normalized spacial score (nSPS) is 11.0. The summed E-state index contributed by atoms with van der Waals surface area (Å²) in [7, 11) is 4.57. The summed E-state index contributed by atoms with van der Waals surface area (Å²) in [6, 6.07) is 15.5. The minimum Gasteiger partial charge on any atom is -0.497 e. The molecule has 0 bridgehead atoms. The van der Waals surface area contributed by atoms with E-state index in [0.29, 0.717) is 5.69 Å². The summed E-state index contributed by atoms with van der Waals surface area (Å²) in [5.74, 6) is 0.515. The van der Waals surface area contributed by atoms with Gasteiger partial charge in [0, 0.05) is 19.8 Å². The molecule has 0 fully saturated rings. The van der Waals surface area contributed by atoms with E-state index in [9.17, 15) is 14.4 Å². The molecule has 0 saturated heterocycles. The van der Waals surface area contributed by atoms with Gasteiger partial charge in [0.15, 0.2) is 11.2 Å². The number of anilines is 1. The van der Waals surface area contributed by atoms with Crippen LogP contribution in [0.5, 0.6) is 5.75 Å². The first-order chi connectivity index (χ1) is 15.4. The molecule has 164 valence electrons. The summed E-state index contributed by atoms with van der Waals surface area (Å²) in [6.07, 6.45) is 2.16. The number of aromatic nitrogens is 4. The Labute approximate surface area is 183 Å². The van der Waals surface area contributed by atoms with Crippen molar-refractivity contribution in [3.05, 3.63) is 86.8 Å². The molecule has 1 amide bonds. The third kappa shape index (κ3) is 4.04. The Morgan fingerprint density at radius 2 is 1.59 bits per heavy atom. The number of methoxy groups -OCH3 is 1. The summed E-state index contributed by atoms with van der Waals surface area (Å²) in [4.78, 5) is 41.2. The molecule has 0 aliphatic carbocycles. The van der Waals surface area contributed by atoms with E-state index < -0.39 is 11.2 Å². The van der Waals surface area contributed by atoms with Crippen LogP contribution in [0.25, 0.3) is 11.2 Å². The number of hydrogen-bond donors (Lipinski definition) is 1. The number of carbonyl (C=O) groups is 1. The van der Waals surface area contributed by atoms with E-state index in [-0.39, 0.29) is 23.6 Å². The van der Waals surface area contributed by atoms with Gasteiger partial charge in [0.2, 0.25) is 5.91 Å². The van der Waals surface area contributed by atoms with Crippen LogP contribution in [-0.4, -0.2) is 31.7 Å². The lowest BCUT2D eigenvalue weighted by molar-refractivity contribution is -0.116. The monoisotopic (exact) mass is 433 g/mol. The van der Waals surface area contributed by atoms with Crippen LogP contribution in [0.1, 0.15) is 11.1 Å². The summed E-state index contributed by atoms with van der Waals surface area (Å²) >= 11 is 0. The van der Waals surface area contributed by atoms with Gasteiger partial charge in [-0.05, 0) is 41.8 Å². The van der Waals surface area contributed by atoms with E-state index in [1.54, 1.807) is 7.11 Å². The molecule has 4 rings (SSSR count). The van der Waals surface area contributed by atoms with Gasteiger partial charge in [0.25, 0.3) is 5.56 Å². The number of ether oxygens (including phenoxy) is 1. The maximum absolute atomic E-state index is 12.6. The summed E-state index contributed by atoms with van der Waals surface area (Å²) in [6.45, 7) is -0.0997. The molecular weight excluding hydrogens is 410 g/mol. The molecule has 0 saturated carbocycles. The van der Waals surface area contributed by atoms with Crippen LogP contribution in [0, 0.1) is 0 Å². The largest absolute Gasteiger partial charge is 0.497 e. The number of aryl methyl sites for hydroxylation is 1. The number of fused-ring (bicyclic) bond motifs is 1. The molecule has 0 atom stereocenters. The maximum Gasteiger partial charge on any atom is 0.332 e. The number of hydrogen-bond acceptors (Lipinski definition) is 5. The highest BCUT2D eigenvalue weighted by Gasteiger charge is 2.16. The Balaban J connectivity index is 1.45. The Kier molecular flexibility index (Phi) is 5.63. The molecule has 0 spiro atoms. The van der Waals surface area contributed by atoms with Crippen molar-refractivity contribution in [2.45, 2.75) is 13.0 Å². The molecule has 0 radical (unpaired) electrons. The number of imidazole rings is 1. The minimum atomic E-state index is -0.490. The second-order valence-corrected chi connectivity index (χ2v) is 7.52. The van der Waals surface area contributed by atoms with Gasteiger partial charge in [0.05, 0.1) is 13.4 Å². The number of amides is 1. The van der Waals surface area contributed by atoms with Crippen molar-refractivity contribution in [2.24, 2.45) is 14.1 Å². The third-order valence-corrected chi connectivity index (χ3v) is 5.34. The highest BCUT2D eigenvalue weighted by Crippen LogP contribution is 2.17. The first-order valence-electron chi connectivity index (χ1n) is 10.00. The van der Waals surface area contributed by atoms with Gasteiger partial charge in [-0.25, -0.2) is 9.78 Å². The molecule has 2 aromatic heterocycles. The van der Waals surface area contributed by atoms with Gasteiger partial charge >= 0.3 is 5.69 Å². The molecule has 0 aliphatic rings. The fraction of sp³-hybridized carbons (Fsp3) is 0.217. The zero-order valence-electron chi connectivity index (χ0n) is 18.0. The van der Waals surface area contributed by atoms with Crippen molar-refractivity contribution in [2.75, 3.05) is 12.4 Å². The van der Waals surface area contributed by atoms with E-state index in [4.69, 9.17) is 4.74 Å². The van der Waals surface area contributed by atoms with Gasteiger partial charge < -0.3 is 14.6 Å². The predicted molar refractivity (Wildman–Crippen MR) is 121 cm³/mol. The quantitative estimate of drug-likeness (QED) is 0.499. The lowest BCUT2D eigenvalue weighted by atomic mass is 10.0. The van der Waals surface area contributed by atoms with E-state index in [0.717, 1.165) is 27.9 Å². The topological polar surface area (TPSA) is 100 Å². The highest BCUT2D eigenvalue weighted by atomic mass is 16.5. The van der Waals surface area contributed by atoms with Crippen molar-refractivity contribution in [1.82, 2.24) is 18.7 Å². The second kappa shape index (κ2) is 8.54. The Morgan fingerprint density at radius 3 is 2.22 bits per heavy atom. The highest BCUT2D eigenvalue weighted by molar-refractivity contribution is 5.91. The van der Waals surface area contributed by atoms with Crippen molar-refractivity contribution >= 4 is 22.8 Å². The van der Waals surface area contributed by atoms with E-state index in [1.807, 2.05) is 48.5 Å². The number of benzene rings is 2. The van der Waals surface area contributed by atoms with Gasteiger partial charge in [-0.1, -0.05) is 24.3 Å². The smallest absolute Gasteiger partial charge is 0.332 e. The lowest BCUT2D eigenvalue weighted by Crippen LogP contribution is -2.37. The van der Waals surface area contributed by atoms with Crippen LogP contribution < -0.4 is 21.3 Å². The Hall–Kier alpha value is -4.14. The molecule has 0 aliphatic heterocycles. The zero-order chi connectivity index (χ0) is 22.8. The van der Waals surface area contributed by atoms with Crippen LogP contribution in [0.2, 0.25) is 0 Å². The van der Waals surface area contributed by atoms with Crippen LogP contribution in [0.15, 0.2) is 64.4 Å². The van der Waals surface area contributed by atoms with Crippen molar-refractivity contribution in [1.29, 1.82) is 0 Å². The van der Waals surface area contributed by atoms with E-state index in [2.05, 4.69) is 10.3 Å². The summed E-state index contributed by atoms with van der Waals surface area (Å²) in [5, 5.41) is 2.83. The summed E-state index contributed by atoms with van der Waals surface area (Å²) in [5.41, 5.74) is 2.42. The fourth-order valence-corrected chi connectivity index (χ4v) is 3.56. The van der Waals surface area contributed by atoms with Crippen LogP contribution >= 0.6 is 0 Å². The average Bonchev–Trinajstić information content (AvgIpc) is 3.21. The zero-order valence-corrected chi connectivity index (χ0v) is 18.0. The third-order valence-electron chi connectivity index (χ3n) is 5.34. The van der Waals surface area contributed by atoms with E-state index in [1.165, 1.54) is 29.6 Å². The Bertz CT molecular complexity index is 1400. The predicted octanol–water partition coefficient (Wildman–Crippen LogP) is 1.67. The van der Waals surface area contributed by atoms with Crippen LogP contribution in [-0.2, 0) is 31.9 Å². The van der Waals surface area contributed by atoms with Crippen molar-refractivity contribution in [3.63, 3.8) is 0 Å². The van der Waals surface area contributed by atoms with Crippen molar-refractivity contribution in [3.8, 4) is 5.75 Å². The number of carbonyl (C=O) groups excluding carboxylic acids is 1. The molecule has 1 N–H and O–H groups in total. The maximum atomic E-state index is 12.6. The molecule has 4 aromatic rings. The summed E-state index contributed by atoms with van der Waals surface area (Å²) < 4.78 is 8.91. The molecule has 32 heavy (non-hydrogen) atoms. The van der Waals surface area contributed by atoms with Gasteiger partial charge in [0.1, 0.15) is 12.3 Å². The van der Waals surface area contributed by atoms with Crippen LogP contribution in [0.4, 0.5) is 5.69 Å². The van der Waals surface area contributed by atoms with Gasteiger partial charge in [-0.15, -0.1) is 0 Å². The first kappa shape index (κ1) is 21.1. The molecular formula is C23H23N5O4. The molecule has 0 unspecified atom stereocenters. The van der Waals surface area contributed by atoms with Gasteiger partial charge in [-0.2, -0.15) is 0 Å². The second-order valence-electron chi connectivity index (χ2n) is 7.52. The fourth-order valence-electron chi connectivity index (χ4n) is 3.56. The molecule has 2 heterocycles. The number of rotatable bonds is 6. The standard InChI is InChI=1S/C23H23N5O4/c1-26-21-20(22(30)27(2)23(26)31)28(14-24-21)13-19(29)25-17-8-4-15(5-9-17)12-16-6-10-18(32-3)11-7-16/h4-11,14H,12-13H2,1-3H3,(H,25,29). The number of nitrogens with one attached hydrogen (secondary N) is 1. The average molecular weight is 433 g/mol. The molecule has 2 aromatic carbocycles.